The molecule has 0 fully saturated rings. The number of hydrogen-bond acceptors (Lipinski definition) is 6. The highest BCUT2D eigenvalue weighted by Gasteiger charge is 2.14. The summed E-state index contributed by atoms with van der Waals surface area (Å²) in [5, 5.41) is 12.2. The maximum absolute atomic E-state index is 8.88. The zero-order chi connectivity index (χ0) is 13.5. The molecule has 1 unspecified atom stereocenters. The van der Waals surface area contributed by atoms with E-state index in [-0.39, 0.29) is 12.5 Å². The summed E-state index contributed by atoms with van der Waals surface area (Å²) in [5.74, 6) is 7.57. The van der Waals surface area contributed by atoms with Crippen LogP contribution >= 0.6 is 0 Å². The van der Waals surface area contributed by atoms with Crippen molar-refractivity contribution in [3.05, 3.63) is 11.9 Å². The van der Waals surface area contributed by atoms with Gasteiger partial charge in [-0.2, -0.15) is 0 Å². The number of hydrogen-bond donors (Lipinski definition) is 4. The van der Waals surface area contributed by atoms with Gasteiger partial charge in [-0.15, -0.1) is 0 Å². The van der Waals surface area contributed by atoms with Crippen molar-refractivity contribution in [2.45, 2.75) is 33.1 Å². The Morgan fingerprint density at radius 1 is 1.28 bits per heavy atom. The number of nitrogens with one attached hydrogen (secondary N) is 2. The number of hydrazine groups is 1. The fourth-order valence-electron chi connectivity index (χ4n) is 1.79. The normalized spacial score (nSPS) is 12.6. The van der Waals surface area contributed by atoms with Crippen molar-refractivity contribution in [3.63, 3.8) is 0 Å². The molecular formula is C12H23N5O. The molecule has 1 aromatic heterocycles. The Morgan fingerprint density at radius 2 is 1.94 bits per heavy atom. The van der Waals surface area contributed by atoms with Crippen LogP contribution in [0.5, 0.6) is 0 Å². The number of rotatable bonds is 7. The SMILES string of the molecule is CC(CCO)CNc1ncnc(NN)c1C(C)C. The van der Waals surface area contributed by atoms with Crippen molar-refractivity contribution in [1.82, 2.24) is 9.97 Å². The third-order valence-electron chi connectivity index (χ3n) is 2.84. The van der Waals surface area contributed by atoms with Gasteiger partial charge in [0.05, 0.1) is 0 Å². The molecule has 0 saturated heterocycles. The minimum absolute atomic E-state index is 0.208. The Labute approximate surface area is 108 Å². The van der Waals surface area contributed by atoms with Crippen LogP contribution in [-0.2, 0) is 0 Å². The number of nitrogens with zero attached hydrogens (tertiary/aromatic N) is 2. The molecule has 1 atom stereocenters. The number of nitrogen functional groups attached to an aromatic ring is 1. The van der Waals surface area contributed by atoms with Gasteiger partial charge in [-0.05, 0) is 18.3 Å². The molecular weight excluding hydrogens is 230 g/mol. The quantitative estimate of drug-likeness (QED) is 0.432. The minimum atomic E-state index is 0.208. The second-order valence-corrected chi connectivity index (χ2v) is 4.78. The predicted octanol–water partition coefficient (Wildman–Crippen LogP) is 1.32. The molecule has 0 spiro atoms. The first kappa shape index (κ1) is 14.7. The molecule has 0 aliphatic carbocycles. The van der Waals surface area contributed by atoms with E-state index in [9.17, 15) is 0 Å². The number of anilines is 2. The van der Waals surface area contributed by atoms with Crippen LogP contribution in [0.25, 0.3) is 0 Å². The highest BCUT2D eigenvalue weighted by molar-refractivity contribution is 5.58. The fraction of sp³-hybridized carbons (Fsp3) is 0.667. The van der Waals surface area contributed by atoms with Gasteiger partial charge < -0.3 is 15.8 Å². The molecule has 1 aromatic rings. The lowest BCUT2D eigenvalue weighted by Gasteiger charge is -2.18. The Bertz CT molecular complexity index is 369. The maximum atomic E-state index is 8.88. The van der Waals surface area contributed by atoms with E-state index in [0.29, 0.717) is 11.7 Å². The number of aliphatic hydroxyl groups is 1. The summed E-state index contributed by atoms with van der Waals surface area (Å²) in [4.78, 5) is 8.38. The summed E-state index contributed by atoms with van der Waals surface area (Å²) >= 11 is 0. The second kappa shape index (κ2) is 7.13. The van der Waals surface area contributed by atoms with Crippen molar-refractivity contribution in [3.8, 4) is 0 Å². The summed E-state index contributed by atoms with van der Waals surface area (Å²) in [6.45, 7) is 7.20. The Morgan fingerprint density at radius 3 is 2.50 bits per heavy atom. The number of aromatic nitrogens is 2. The first-order valence-electron chi connectivity index (χ1n) is 6.26. The number of nitrogens with two attached hydrogens (primary N) is 1. The van der Waals surface area contributed by atoms with E-state index < -0.39 is 0 Å². The molecule has 18 heavy (non-hydrogen) atoms. The minimum Gasteiger partial charge on any atom is -0.396 e. The van der Waals surface area contributed by atoms with Crippen molar-refractivity contribution in [2.24, 2.45) is 11.8 Å². The van der Waals surface area contributed by atoms with Gasteiger partial charge in [0.2, 0.25) is 0 Å². The topological polar surface area (TPSA) is 96.1 Å². The van der Waals surface area contributed by atoms with Gasteiger partial charge in [-0.1, -0.05) is 20.8 Å². The van der Waals surface area contributed by atoms with E-state index >= 15 is 0 Å². The zero-order valence-corrected chi connectivity index (χ0v) is 11.3. The van der Waals surface area contributed by atoms with E-state index in [1.165, 1.54) is 6.33 Å². The lowest BCUT2D eigenvalue weighted by Crippen LogP contribution is -2.18. The fourth-order valence-corrected chi connectivity index (χ4v) is 1.79. The third kappa shape index (κ3) is 3.82. The molecule has 0 saturated carbocycles. The molecule has 6 heteroatoms. The van der Waals surface area contributed by atoms with Crippen LogP contribution in [0.1, 0.15) is 38.7 Å². The highest BCUT2D eigenvalue weighted by Crippen LogP contribution is 2.27. The van der Waals surface area contributed by atoms with Crippen LogP contribution in [0.3, 0.4) is 0 Å². The molecule has 0 bridgehead atoms. The summed E-state index contributed by atoms with van der Waals surface area (Å²) in [7, 11) is 0. The summed E-state index contributed by atoms with van der Waals surface area (Å²) in [6.07, 6.45) is 2.26. The van der Waals surface area contributed by atoms with Crippen molar-refractivity contribution >= 4 is 11.6 Å². The van der Waals surface area contributed by atoms with Gasteiger partial charge in [-0.25, -0.2) is 15.8 Å². The van der Waals surface area contributed by atoms with Crippen molar-refractivity contribution in [1.29, 1.82) is 0 Å². The summed E-state index contributed by atoms with van der Waals surface area (Å²) in [5.41, 5.74) is 3.58. The predicted molar refractivity (Wildman–Crippen MR) is 73.3 cm³/mol. The Balaban J connectivity index is 2.81. The third-order valence-corrected chi connectivity index (χ3v) is 2.84. The van der Waals surface area contributed by atoms with Gasteiger partial charge in [0, 0.05) is 18.7 Å². The van der Waals surface area contributed by atoms with E-state index in [0.717, 1.165) is 24.3 Å². The van der Waals surface area contributed by atoms with Crippen LogP contribution in [0, 0.1) is 5.92 Å². The largest absolute Gasteiger partial charge is 0.396 e. The van der Waals surface area contributed by atoms with Gasteiger partial charge in [0.25, 0.3) is 0 Å². The molecule has 1 rings (SSSR count). The number of aliphatic hydroxyl groups excluding tert-OH is 1. The van der Waals surface area contributed by atoms with E-state index in [4.69, 9.17) is 10.9 Å². The summed E-state index contributed by atoms with van der Waals surface area (Å²) in [6, 6.07) is 0. The average Bonchev–Trinajstić information content (AvgIpc) is 2.35. The molecule has 0 aliphatic heterocycles. The van der Waals surface area contributed by atoms with Crippen LogP contribution in [0.2, 0.25) is 0 Å². The Hall–Kier alpha value is -1.40. The van der Waals surface area contributed by atoms with Crippen molar-refractivity contribution in [2.75, 3.05) is 23.9 Å². The average molecular weight is 253 g/mol. The van der Waals surface area contributed by atoms with Gasteiger partial charge in [0.1, 0.15) is 18.0 Å². The van der Waals surface area contributed by atoms with Crippen LogP contribution in [0.15, 0.2) is 6.33 Å². The van der Waals surface area contributed by atoms with Crippen LogP contribution < -0.4 is 16.6 Å². The molecule has 5 N–H and O–H groups in total. The standard InChI is InChI=1S/C12H23N5O/c1-8(2)10-11(14-6-9(3)4-5-18)15-7-16-12(10)17-13/h7-9,18H,4-6,13H2,1-3H3,(H2,14,15,16,17). The molecule has 102 valence electrons. The van der Waals surface area contributed by atoms with Crippen molar-refractivity contribution < 1.29 is 5.11 Å². The van der Waals surface area contributed by atoms with E-state index in [1.54, 1.807) is 0 Å². The first-order valence-corrected chi connectivity index (χ1v) is 6.26. The smallest absolute Gasteiger partial charge is 0.148 e. The monoisotopic (exact) mass is 253 g/mol. The van der Waals surface area contributed by atoms with Gasteiger partial charge >= 0.3 is 0 Å². The maximum Gasteiger partial charge on any atom is 0.148 e. The Kier molecular flexibility index (Phi) is 5.80. The zero-order valence-electron chi connectivity index (χ0n) is 11.3. The highest BCUT2D eigenvalue weighted by atomic mass is 16.3. The van der Waals surface area contributed by atoms with Gasteiger partial charge in [-0.3, -0.25) is 0 Å². The molecule has 6 nitrogen and oxygen atoms in total. The lowest BCUT2D eigenvalue weighted by atomic mass is 10.0. The summed E-state index contributed by atoms with van der Waals surface area (Å²) < 4.78 is 0. The molecule has 1 heterocycles. The molecule has 0 radical (unpaired) electrons. The lowest BCUT2D eigenvalue weighted by molar-refractivity contribution is 0.266. The molecule has 0 aromatic carbocycles. The van der Waals surface area contributed by atoms with Gasteiger partial charge in [0.15, 0.2) is 0 Å². The van der Waals surface area contributed by atoms with Crippen LogP contribution in [0.4, 0.5) is 11.6 Å². The van der Waals surface area contributed by atoms with E-state index in [1.807, 2.05) is 0 Å². The molecule has 0 aliphatic rings. The van der Waals surface area contributed by atoms with Crippen LogP contribution in [-0.4, -0.2) is 28.2 Å². The van der Waals surface area contributed by atoms with E-state index in [2.05, 4.69) is 41.5 Å². The molecule has 0 amide bonds. The second-order valence-electron chi connectivity index (χ2n) is 4.78. The first-order chi connectivity index (χ1) is 8.60.